The number of nitrogens with zero attached hydrogens (tertiary/aromatic N) is 3. The van der Waals surface area contributed by atoms with Crippen molar-refractivity contribution in [2.24, 2.45) is 0 Å². The maximum Gasteiger partial charge on any atom is 0.267 e. The van der Waals surface area contributed by atoms with E-state index in [1.54, 1.807) is 0 Å². The smallest absolute Gasteiger partial charge is 0.267 e. The molecule has 0 aromatic carbocycles. The fraction of sp³-hybridized carbons (Fsp3) is 0.750. The summed E-state index contributed by atoms with van der Waals surface area (Å²) in [7, 11) is 0. The molecule has 1 aliphatic rings. The largest absolute Gasteiger partial charge is 0.291 e. The molecule has 1 aromatic heterocycles. The van der Waals surface area contributed by atoms with Crippen molar-refractivity contribution in [3.05, 3.63) is 11.6 Å². The van der Waals surface area contributed by atoms with Crippen LogP contribution in [0.1, 0.15) is 62.0 Å². The van der Waals surface area contributed by atoms with Crippen molar-refractivity contribution in [2.75, 3.05) is 0 Å². The highest BCUT2D eigenvalue weighted by Crippen LogP contribution is 2.36. The van der Waals surface area contributed by atoms with Gasteiger partial charge in [0.1, 0.15) is 11.9 Å². The molecule has 100 valence electrons. The first-order valence-electron chi connectivity index (χ1n) is 6.30. The fourth-order valence-corrected chi connectivity index (χ4v) is 2.20. The van der Waals surface area contributed by atoms with Gasteiger partial charge in [0.15, 0.2) is 0 Å². The molecule has 0 N–H and O–H groups in total. The van der Waals surface area contributed by atoms with Crippen LogP contribution in [0.4, 0.5) is 8.78 Å². The minimum Gasteiger partial charge on any atom is -0.291 e. The van der Waals surface area contributed by atoms with Crippen molar-refractivity contribution in [2.45, 2.75) is 57.9 Å². The highest BCUT2D eigenvalue weighted by Gasteiger charge is 2.41. The number of carbonyl (C=O) groups excluding carboxylic acids is 1. The second kappa shape index (κ2) is 4.74. The average Bonchev–Trinajstić information content (AvgIpc) is 2.82. The third kappa shape index (κ3) is 2.42. The summed E-state index contributed by atoms with van der Waals surface area (Å²) in [5.41, 5.74) is 0. The maximum atomic E-state index is 13.3. The zero-order chi connectivity index (χ0) is 13.3. The number of halogens is 2. The van der Waals surface area contributed by atoms with E-state index in [0.717, 1.165) is 19.8 Å². The van der Waals surface area contributed by atoms with Gasteiger partial charge in [0.2, 0.25) is 11.6 Å². The SMILES string of the molecule is CCCCC(=O)c1nc2n(n1)C(C(C)(F)F)CC2. The summed E-state index contributed by atoms with van der Waals surface area (Å²) >= 11 is 0. The Hall–Kier alpha value is -1.33. The molecule has 1 aromatic rings. The quantitative estimate of drug-likeness (QED) is 0.762. The average molecular weight is 257 g/mol. The minimum absolute atomic E-state index is 0.0902. The molecule has 1 unspecified atom stereocenters. The molecule has 1 atom stereocenters. The molecule has 0 fully saturated rings. The van der Waals surface area contributed by atoms with Gasteiger partial charge in [-0.05, 0) is 12.8 Å². The Morgan fingerprint density at radius 1 is 1.56 bits per heavy atom. The van der Waals surface area contributed by atoms with Crippen molar-refractivity contribution in [1.29, 1.82) is 0 Å². The van der Waals surface area contributed by atoms with E-state index in [2.05, 4.69) is 10.1 Å². The predicted octanol–water partition coefficient (Wildman–Crippen LogP) is 2.79. The molecular formula is C12H17F2N3O. The maximum absolute atomic E-state index is 13.3. The predicted molar refractivity (Wildman–Crippen MR) is 61.9 cm³/mol. The summed E-state index contributed by atoms with van der Waals surface area (Å²) in [4.78, 5) is 15.8. The van der Waals surface area contributed by atoms with Gasteiger partial charge < -0.3 is 0 Å². The van der Waals surface area contributed by atoms with Crippen LogP contribution in [0.5, 0.6) is 0 Å². The third-order valence-electron chi connectivity index (χ3n) is 3.23. The summed E-state index contributed by atoms with van der Waals surface area (Å²) in [6.07, 6.45) is 2.86. The molecule has 2 heterocycles. The first kappa shape index (κ1) is 13.1. The van der Waals surface area contributed by atoms with Gasteiger partial charge in [0.25, 0.3) is 5.92 Å². The Morgan fingerprint density at radius 3 is 2.89 bits per heavy atom. The number of hydrogen-bond acceptors (Lipinski definition) is 3. The Labute approximate surface area is 104 Å². The summed E-state index contributed by atoms with van der Waals surface area (Å²) in [6, 6.07) is -0.965. The van der Waals surface area contributed by atoms with E-state index in [-0.39, 0.29) is 11.6 Å². The van der Waals surface area contributed by atoms with Crippen LogP contribution in [0.25, 0.3) is 0 Å². The molecule has 0 amide bonds. The van der Waals surface area contributed by atoms with E-state index in [1.165, 1.54) is 4.68 Å². The lowest BCUT2D eigenvalue weighted by Gasteiger charge is -2.18. The zero-order valence-corrected chi connectivity index (χ0v) is 10.6. The normalized spacial score (nSPS) is 19.0. The molecule has 0 aliphatic carbocycles. The summed E-state index contributed by atoms with van der Waals surface area (Å²) in [6.45, 7) is 2.87. The van der Waals surface area contributed by atoms with Crippen molar-refractivity contribution in [3.63, 3.8) is 0 Å². The van der Waals surface area contributed by atoms with Crippen LogP contribution in [0, 0.1) is 0 Å². The molecule has 18 heavy (non-hydrogen) atoms. The van der Waals surface area contributed by atoms with Gasteiger partial charge in [-0.3, -0.25) is 4.79 Å². The second-order valence-corrected chi connectivity index (χ2v) is 4.83. The van der Waals surface area contributed by atoms with Gasteiger partial charge in [-0.1, -0.05) is 13.3 Å². The molecule has 0 bridgehead atoms. The van der Waals surface area contributed by atoms with Gasteiger partial charge in [-0.25, -0.2) is 18.4 Å². The first-order valence-corrected chi connectivity index (χ1v) is 6.30. The van der Waals surface area contributed by atoms with Gasteiger partial charge >= 0.3 is 0 Å². The number of unbranched alkanes of at least 4 members (excludes halogenated alkanes) is 1. The Morgan fingerprint density at radius 2 is 2.28 bits per heavy atom. The van der Waals surface area contributed by atoms with Crippen LogP contribution < -0.4 is 0 Å². The first-order chi connectivity index (χ1) is 8.43. The number of aromatic nitrogens is 3. The molecule has 6 heteroatoms. The molecule has 0 saturated heterocycles. The van der Waals surface area contributed by atoms with Crippen molar-refractivity contribution in [3.8, 4) is 0 Å². The van der Waals surface area contributed by atoms with Gasteiger partial charge in [-0.2, -0.15) is 0 Å². The van der Waals surface area contributed by atoms with E-state index in [1.807, 2.05) is 6.92 Å². The van der Waals surface area contributed by atoms with Crippen LogP contribution in [-0.2, 0) is 6.42 Å². The monoisotopic (exact) mass is 257 g/mol. The summed E-state index contributed by atoms with van der Waals surface area (Å²) < 4.78 is 27.9. The highest BCUT2D eigenvalue weighted by atomic mass is 19.3. The zero-order valence-electron chi connectivity index (χ0n) is 10.6. The number of Topliss-reactive ketones (excluding diaryl/α,β-unsaturated/α-hetero) is 1. The van der Waals surface area contributed by atoms with Crippen molar-refractivity contribution >= 4 is 5.78 Å². The number of hydrogen-bond donors (Lipinski definition) is 0. The standard InChI is InChI=1S/C12H17F2N3O/c1-3-4-5-8(18)11-15-10-7-6-9(12(2,13)14)17(10)16-11/h9H,3-7H2,1-2H3. The van der Waals surface area contributed by atoms with Gasteiger partial charge in [0.05, 0.1) is 0 Å². The van der Waals surface area contributed by atoms with E-state index in [0.29, 0.717) is 25.1 Å². The third-order valence-corrected chi connectivity index (χ3v) is 3.23. The summed E-state index contributed by atoms with van der Waals surface area (Å²) in [5.74, 6) is -2.39. The number of ketones is 1. The highest BCUT2D eigenvalue weighted by molar-refractivity contribution is 5.92. The lowest BCUT2D eigenvalue weighted by Crippen LogP contribution is -2.26. The topological polar surface area (TPSA) is 47.8 Å². The lowest BCUT2D eigenvalue weighted by atomic mass is 10.1. The number of fused-ring (bicyclic) bond motifs is 1. The molecule has 0 saturated carbocycles. The molecule has 0 radical (unpaired) electrons. The molecule has 4 nitrogen and oxygen atoms in total. The number of carbonyl (C=O) groups is 1. The number of alkyl halides is 2. The van der Waals surface area contributed by atoms with E-state index in [9.17, 15) is 13.6 Å². The van der Waals surface area contributed by atoms with E-state index < -0.39 is 12.0 Å². The molecule has 0 spiro atoms. The molecule has 1 aliphatic heterocycles. The fourth-order valence-electron chi connectivity index (χ4n) is 2.20. The summed E-state index contributed by atoms with van der Waals surface area (Å²) in [5, 5.41) is 3.97. The Bertz CT molecular complexity index is 451. The van der Waals surface area contributed by atoms with Crippen LogP contribution in [-0.4, -0.2) is 26.5 Å². The van der Waals surface area contributed by atoms with Crippen LogP contribution in [0.2, 0.25) is 0 Å². The van der Waals surface area contributed by atoms with E-state index in [4.69, 9.17) is 0 Å². The Kier molecular flexibility index (Phi) is 3.45. The number of aryl methyl sites for hydroxylation is 1. The Balaban J connectivity index is 2.18. The van der Waals surface area contributed by atoms with Crippen LogP contribution in [0.15, 0.2) is 0 Å². The van der Waals surface area contributed by atoms with Gasteiger partial charge in [-0.15, -0.1) is 5.10 Å². The van der Waals surface area contributed by atoms with Gasteiger partial charge in [0, 0.05) is 19.8 Å². The minimum atomic E-state index is -2.83. The van der Waals surface area contributed by atoms with Crippen molar-refractivity contribution < 1.29 is 13.6 Å². The lowest BCUT2D eigenvalue weighted by molar-refractivity contribution is -0.0339. The van der Waals surface area contributed by atoms with Crippen LogP contribution >= 0.6 is 0 Å². The second-order valence-electron chi connectivity index (χ2n) is 4.83. The van der Waals surface area contributed by atoms with Crippen molar-refractivity contribution in [1.82, 2.24) is 14.8 Å². The van der Waals surface area contributed by atoms with E-state index >= 15 is 0 Å². The number of rotatable bonds is 5. The molecular weight excluding hydrogens is 240 g/mol. The molecule has 2 rings (SSSR count). The van der Waals surface area contributed by atoms with Crippen LogP contribution in [0.3, 0.4) is 0 Å².